The van der Waals surface area contributed by atoms with E-state index in [-0.39, 0.29) is 18.3 Å². The van der Waals surface area contributed by atoms with Gasteiger partial charge in [-0.05, 0) is 26.0 Å². The van der Waals surface area contributed by atoms with Crippen molar-refractivity contribution in [3.63, 3.8) is 0 Å². The Bertz CT molecular complexity index is 632. The zero-order valence-corrected chi connectivity index (χ0v) is 13.6. The van der Waals surface area contributed by atoms with E-state index < -0.39 is 0 Å². The summed E-state index contributed by atoms with van der Waals surface area (Å²) in [5.74, 6) is 1.66. The molecule has 1 fully saturated rings. The van der Waals surface area contributed by atoms with Crippen LogP contribution < -0.4 is 5.32 Å². The minimum absolute atomic E-state index is 0. The summed E-state index contributed by atoms with van der Waals surface area (Å²) in [6.45, 7) is 7.00. The smallest absolute Gasteiger partial charge is 0.265 e. The van der Waals surface area contributed by atoms with E-state index in [1.54, 1.807) is 0 Å². The van der Waals surface area contributed by atoms with Crippen LogP contribution in [-0.4, -0.2) is 42.0 Å². The Hall–Kier alpha value is -1.37. The van der Waals surface area contributed by atoms with Crippen LogP contribution in [0.4, 0.5) is 0 Å². The molecule has 0 bridgehead atoms. The van der Waals surface area contributed by atoms with Crippen LogP contribution in [0.15, 0.2) is 16.5 Å². The summed E-state index contributed by atoms with van der Waals surface area (Å²) < 4.78 is 5.58. The molecule has 0 aliphatic carbocycles. The Kier molecular flexibility index (Phi) is 5.03. The molecule has 0 saturated carbocycles. The first-order valence-electron chi connectivity index (χ1n) is 6.69. The van der Waals surface area contributed by atoms with Crippen LogP contribution in [0.2, 0.25) is 0 Å². The lowest BCUT2D eigenvalue weighted by molar-refractivity contribution is 0.0739. The molecule has 0 unspecified atom stereocenters. The Labute approximate surface area is 133 Å². The zero-order chi connectivity index (χ0) is 14.1. The monoisotopic (exact) mass is 327 g/mol. The molecule has 0 atom stereocenters. The van der Waals surface area contributed by atoms with Gasteiger partial charge in [0.25, 0.3) is 5.91 Å². The van der Waals surface area contributed by atoms with Gasteiger partial charge in [-0.3, -0.25) is 4.79 Å². The quantitative estimate of drug-likeness (QED) is 0.920. The normalized spacial score (nSPS) is 14.9. The topological polar surface area (TPSA) is 58.4 Å². The number of piperazine rings is 1. The van der Waals surface area contributed by atoms with Crippen molar-refractivity contribution < 1.29 is 9.21 Å². The van der Waals surface area contributed by atoms with Gasteiger partial charge in [-0.15, -0.1) is 23.7 Å². The van der Waals surface area contributed by atoms with E-state index in [0.29, 0.717) is 0 Å². The number of aromatic nitrogens is 1. The van der Waals surface area contributed by atoms with Gasteiger partial charge >= 0.3 is 0 Å². The number of thiazole rings is 1. The number of rotatable bonds is 2. The van der Waals surface area contributed by atoms with Crippen LogP contribution in [0.25, 0.3) is 10.8 Å². The fourth-order valence-electron chi connectivity index (χ4n) is 2.26. The van der Waals surface area contributed by atoms with Gasteiger partial charge in [0, 0.05) is 26.2 Å². The molecule has 0 radical (unpaired) electrons. The van der Waals surface area contributed by atoms with Crippen molar-refractivity contribution in [2.45, 2.75) is 13.8 Å². The molecule has 2 aromatic heterocycles. The number of amides is 1. The van der Waals surface area contributed by atoms with Gasteiger partial charge in [-0.1, -0.05) is 0 Å². The molecule has 1 aliphatic heterocycles. The molecule has 3 rings (SSSR count). The first-order chi connectivity index (χ1) is 9.65. The molecule has 7 heteroatoms. The number of hydrogen-bond acceptors (Lipinski definition) is 5. The minimum Gasteiger partial charge on any atom is -0.459 e. The number of aryl methyl sites for hydroxylation is 2. The van der Waals surface area contributed by atoms with E-state index in [1.807, 2.05) is 30.9 Å². The molecule has 1 aliphatic rings. The van der Waals surface area contributed by atoms with Gasteiger partial charge in [0.2, 0.25) is 0 Å². The molecule has 1 amide bonds. The Morgan fingerprint density at radius 2 is 2.05 bits per heavy atom. The standard InChI is InChI=1S/C14H17N3O2S.ClH/c1-9-3-4-11(19-9)13-16-10(2)12(20-13)14(18)17-7-5-15-6-8-17;/h3-4,15H,5-8H2,1-2H3;1H. The molecule has 1 N–H and O–H groups in total. The molecule has 1 saturated heterocycles. The molecule has 0 aromatic carbocycles. The van der Waals surface area contributed by atoms with E-state index in [4.69, 9.17) is 4.42 Å². The molecule has 2 aromatic rings. The molecule has 3 heterocycles. The lowest BCUT2D eigenvalue weighted by Gasteiger charge is -2.26. The van der Waals surface area contributed by atoms with Crippen LogP contribution in [0, 0.1) is 13.8 Å². The minimum atomic E-state index is 0. The van der Waals surface area contributed by atoms with Crippen molar-refractivity contribution in [1.29, 1.82) is 0 Å². The SMILES string of the molecule is Cc1ccc(-c2nc(C)c(C(=O)N3CCNCC3)s2)o1.Cl. The first kappa shape index (κ1) is 16.0. The van der Waals surface area contributed by atoms with Crippen molar-refractivity contribution in [3.05, 3.63) is 28.5 Å². The van der Waals surface area contributed by atoms with Crippen molar-refractivity contribution in [2.24, 2.45) is 0 Å². The number of nitrogens with one attached hydrogen (secondary N) is 1. The van der Waals surface area contributed by atoms with E-state index in [1.165, 1.54) is 11.3 Å². The highest BCUT2D eigenvalue weighted by molar-refractivity contribution is 7.17. The first-order valence-corrected chi connectivity index (χ1v) is 7.51. The maximum Gasteiger partial charge on any atom is 0.265 e. The van der Waals surface area contributed by atoms with Crippen LogP contribution in [0.5, 0.6) is 0 Å². The third kappa shape index (κ3) is 3.28. The van der Waals surface area contributed by atoms with E-state index >= 15 is 0 Å². The highest BCUT2D eigenvalue weighted by Gasteiger charge is 2.23. The van der Waals surface area contributed by atoms with Crippen molar-refractivity contribution in [3.8, 4) is 10.8 Å². The summed E-state index contributed by atoms with van der Waals surface area (Å²) in [5.41, 5.74) is 0.780. The third-order valence-corrected chi connectivity index (χ3v) is 4.51. The average molecular weight is 328 g/mol. The fraction of sp³-hybridized carbons (Fsp3) is 0.429. The number of halogens is 1. The van der Waals surface area contributed by atoms with E-state index in [2.05, 4.69) is 10.3 Å². The second-order valence-electron chi connectivity index (χ2n) is 4.89. The number of carbonyl (C=O) groups excluding carboxylic acids is 1. The van der Waals surface area contributed by atoms with E-state index in [0.717, 1.165) is 53.3 Å². The fourth-order valence-corrected chi connectivity index (χ4v) is 3.26. The zero-order valence-electron chi connectivity index (χ0n) is 12.0. The lowest BCUT2D eigenvalue weighted by atomic mass is 10.3. The van der Waals surface area contributed by atoms with Gasteiger partial charge in [-0.2, -0.15) is 0 Å². The summed E-state index contributed by atoms with van der Waals surface area (Å²) in [5, 5.41) is 4.02. The molecular weight excluding hydrogens is 310 g/mol. The predicted octanol–water partition coefficient (Wildman–Crippen LogP) is 2.49. The highest BCUT2D eigenvalue weighted by atomic mass is 35.5. The van der Waals surface area contributed by atoms with Gasteiger partial charge in [0.05, 0.1) is 5.69 Å². The summed E-state index contributed by atoms with van der Waals surface area (Å²) in [7, 11) is 0. The van der Waals surface area contributed by atoms with Crippen molar-refractivity contribution in [1.82, 2.24) is 15.2 Å². The Balaban J connectivity index is 0.00000161. The summed E-state index contributed by atoms with van der Waals surface area (Å²) in [6, 6.07) is 3.80. The second-order valence-corrected chi connectivity index (χ2v) is 5.89. The largest absolute Gasteiger partial charge is 0.459 e. The van der Waals surface area contributed by atoms with Crippen LogP contribution in [0.1, 0.15) is 21.1 Å². The van der Waals surface area contributed by atoms with Crippen LogP contribution >= 0.6 is 23.7 Å². The van der Waals surface area contributed by atoms with Gasteiger partial charge in [0.15, 0.2) is 10.8 Å². The third-order valence-electron chi connectivity index (χ3n) is 3.35. The Morgan fingerprint density at radius 3 is 2.67 bits per heavy atom. The van der Waals surface area contributed by atoms with Crippen LogP contribution in [0.3, 0.4) is 0 Å². The molecule has 0 spiro atoms. The van der Waals surface area contributed by atoms with Gasteiger partial charge in [-0.25, -0.2) is 4.98 Å². The number of nitrogens with zero attached hydrogens (tertiary/aromatic N) is 2. The molecular formula is C14H18ClN3O2S. The number of carbonyl (C=O) groups is 1. The summed E-state index contributed by atoms with van der Waals surface area (Å²) in [6.07, 6.45) is 0. The van der Waals surface area contributed by atoms with Gasteiger partial charge < -0.3 is 14.6 Å². The molecule has 114 valence electrons. The average Bonchev–Trinajstić information content (AvgIpc) is 3.05. The van der Waals surface area contributed by atoms with Crippen molar-refractivity contribution in [2.75, 3.05) is 26.2 Å². The number of hydrogen-bond donors (Lipinski definition) is 1. The molecule has 5 nitrogen and oxygen atoms in total. The predicted molar refractivity (Wildman–Crippen MR) is 85.3 cm³/mol. The summed E-state index contributed by atoms with van der Waals surface area (Å²) in [4.78, 5) is 19.6. The summed E-state index contributed by atoms with van der Waals surface area (Å²) >= 11 is 1.41. The highest BCUT2D eigenvalue weighted by Crippen LogP contribution is 2.30. The maximum absolute atomic E-state index is 12.5. The Morgan fingerprint density at radius 1 is 1.33 bits per heavy atom. The number of furan rings is 1. The van der Waals surface area contributed by atoms with Crippen molar-refractivity contribution >= 4 is 29.7 Å². The van der Waals surface area contributed by atoms with Crippen LogP contribution in [-0.2, 0) is 0 Å². The van der Waals surface area contributed by atoms with Gasteiger partial charge in [0.1, 0.15) is 10.6 Å². The van der Waals surface area contributed by atoms with E-state index in [9.17, 15) is 4.79 Å². The lowest BCUT2D eigenvalue weighted by Crippen LogP contribution is -2.46. The second kappa shape index (κ2) is 6.60. The molecule has 21 heavy (non-hydrogen) atoms. The maximum atomic E-state index is 12.5.